The van der Waals surface area contributed by atoms with Crippen molar-refractivity contribution in [1.29, 1.82) is 0 Å². The monoisotopic (exact) mass is 899 g/mol. The summed E-state index contributed by atoms with van der Waals surface area (Å²) in [5.74, 6) is 0. The molecule has 0 saturated carbocycles. The van der Waals surface area contributed by atoms with Crippen molar-refractivity contribution in [2.24, 2.45) is 5.41 Å². The van der Waals surface area contributed by atoms with Gasteiger partial charge in [-0.05, 0) is 75.3 Å². The van der Waals surface area contributed by atoms with Crippen LogP contribution in [0.15, 0.2) is 150 Å². The molecule has 3 aromatic heterocycles. The average molecular weight is 899 g/mol. The molecule has 0 amide bonds. The summed E-state index contributed by atoms with van der Waals surface area (Å²) in [6.45, 7) is 14.1. The normalized spacial score (nSPS) is 11.5. The third-order valence-corrected chi connectivity index (χ3v) is 11.4. The standard InChI is InChI=1S/C30H20NO.C19H26NSi.Ir/c1-3-7-21(8-4-1)17-22-15-16-31-28(18-22)25-12-14-30-27(20-25)26-19-24(11-13-29(26)32-30)23-9-5-2-6-10-23;1-19(2,3)13-16-12-17(15-10-8-7-9-11-15)20-14-18(16)21(4,5)6;/h1-11,13-16,18-20H,17H2;7-10,12,14H,13H2,1-6H3;/q2*-1;. The summed E-state index contributed by atoms with van der Waals surface area (Å²) in [5.41, 5.74) is 12.4. The minimum atomic E-state index is -1.37. The van der Waals surface area contributed by atoms with E-state index in [1.165, 1.54) is 33.0 Å². The molecule has 3 heterocycles. The van der Waals surface area contributed by atoms with Gasteiger partial charge in [0.2, 0.25) is 0 Å². The van der Waals surface area contributed by atoms with Gasteiger partial charge in [-0.15, -0.1) is 59.7 Å². The fourth-order valence-corrected chi connectivity index (χ4v) is 8.41. The van der Waals surface area contributed by atoms with Gasteiger partial charge in [0.05, 0.1) is 13.7 Å². The number of aromatic nitrogens is 2. The van der Waals surface area contributed by atoms with Crippen LogP contribution in [0.5, 0.6) is 0 Å². The topological polar surface area (TPSA) is 38.9 Å². The van der Waals surface area contributed by atoms with E-state index < -0.39 is 8.07 Å². The Morgan fingerprint density at radius 2 is 1.33 bits per heavy atom. The molecule has 3 nitrogen and oxygen atoms in total. The third-order valence-electron chi connectivity index (χ3n) is 9.36. The van der Waals surface area contributed by atoms with Crippen LogP contribution in [0.25, 0.3) is 55.6 Å². The van der Waals surface area contributed by atoms with E-state index in [0.29, 0.717) is 0 Å². The zero-order valence-electron chi connectivity index (χ0n) is 31.9. The first-order valence-corrected chi connectivity index (χ1v) is 21.9. The third kappa shape index (κ3) is 9.40. The molecule has 0 bridgehead atoms. The Morgan fingerprint density at radius 3 is 2.04 bits per heavy atom. The van der Waals surface area contributed by atoms with Crippen LogP contribution in [-0.4, -0.2) is 18.0 Å². The molecule has 0 aliphatic heterocycles. The molecule has 0 N–H and O–H groups in total. The van der Waals surface area contributed by atoms with Gasteiger partial charge in [0, 0.05) is 37.9 Å². The number of rotatable bonds is 7. The Labute approximate surface area is 334 Å². The van der Waals surface area contributed by atoms with E-state index in [1.54, 1.807) is 0 Å². The summed E-state index contributed by atoms with van der Waals surface area (Å²) in [5, 5.41) is 3.68. The van der Waals surface area contributed by atoms with Crippen LogP contribution in [0.3, 0.4) is 0 Å². The zero-order chi connectivity index (χ0) is 37.0. The second-order valence-electron chi connectivity index (χ2n) is 16.0. The summed E-state index contributed by atoms with van der Waals surface area (Å²) >= 11 is 0. The molecule has 0 aliphatic rings. The molecule has 54 heavy (non-hydrogen) atoms. The van der Waals surface area contributed by atoms with Gasteiger partial charge in [0.1, 0.15) is 5.58 Å². The molecule has 0 spiro atoms. The Hall–Kier alpha value is -4.93. The smallest absolute Gasteiger partial charge is 0.121 e. The molecule has 0 saturated heterocycles. The minimum absolute atomic E-state index is 0. The predicted octanol–water partition coefficient (Wildman–Crippen LogP) is 12.4. The number of benzene rings is 5. The Kier molecular flexibility index (Phi) is 11.9. The quantitative estimate of drug-likeness (QED) is 0.118. The van der Waals surface area contributed by atoms with E-state index in [4.69, 9.17) is 9.40 Å². The largest absolute Gasteiger partial charge is 0.500 e. The van der Waals surface area contributed by atoms with Crippen molar-refractivity contribution in [2.75, 3.05) is 0 Å². The van der Waals surface area contributed by atoms with Crippen LogP contribution in [0.1, 0.15) is 37.5 Å². The first-order chi connectivity index (χ1) is 25.5. The van der Waals surface area contributed by atoms with E-state index >= 15 is 0 Å². The van der Waals surface area contributed by atoms with Gasteiger partial charge in [-0.1, -0.05) is 130 Å². The van der Waals surface area contributed by atoms with Crippen molar-refractivity contribution in [1.82, 2.24) is 9.97 Å². The van der Waals surface area contributed by atoms with Gasteiger partial charge >= 0.3 is 0 Å². The van der Waals surface area contributed by atoms with Gasteiger partial charge in [-0.25, -0.2) is 0 Å². The van der Waals surface area contributed by atoms with Crippen LogP contribution in [0, 0.1) is 17.5 Å². The van der Waals surface area contributed by atoms with Gasteiger partial charge in [0.15, 0.2) is 0 Å². The Balaban J connectivity index is 0.000000198. The van der Waals surface area contributed by atoms with Gasteiger partial charge in [0.25, 0.3) is 0 Å². The fourth-order valence-electron chi connectivity index (χ4n) is 6.83. The SMILES string of the molecule is CC(C)(C)Cc1cc(-c2[c-]cccc2)ncc1[Si](C)(C)C.[Ir].[c-]1cc2oc3ccc(-c4ccccc4)cc3c2cc1-c1cc(Cc2ccccc2)ccn1. The predicted molar refractivity (Wildman–Crippen MR) is 225 cm³/mol. The first kappa shape index (κ1) is 38.8. The van der Waals surface area contributed by atoms with Crippen molar-refractivity contribution in [3.63, 3.8) is 0 Å². The van der Waals surface area contributed by atoms with E-state index in [9.17, 15) is 0 Å². The van der Waals surface area contributed by atoms with E-state index in [0.717, 1.165) is 57.3 Å². The molecular weight excluding hydrogens is 853 g/mol. The van der Waals surface area contributed by atoms with E-state index in [2.05, 4.69) is 161 Å². The second kappa shape index (κ2) is 16.6. The Morgan fingerprint density at radius 1 is 0.630 bits per heavy atom. The van der Waals surface area contributed by atoms with Crippen LogP contribution in [0.4, 0.5) is 0 Å². The van der Waals surface area contributed by atoms with Gasteiger partial charge in [-0.3, -0.25) is 0 Å². The molecule has 8 aromatic rings. The number of fused-ring (bicyclic) bond motifs is 3. The number of nitrogens with zero attached hydrogens (tertiary/aromatic N) is 2. The molecule has 8 rings (SSSR count). The summed E-state index contributed by atoms with van der Waals surface area (Å²) in [6.07, 6.45) is 5.97. The molecule has 1 radical (unpaired) electrons. The second-order valence-corrected chi connectivity index (χ2v) is 21.0. The van der Waals surface area contributed by atoms with Gasteiger partial charge in [-0.2, -0.15) is 0 Å². The van der Waals surface area contributed by atoms with Crippen LogP contribution >= 0.6 is 0 Å². The van der Waals surface area contributed by atoms with Crippen molar-refractivity contribution >= 4 is 35.2 Å². The molecule has 0 aliphatic carbocycles. The molecule has 5 aromatic carbocycles. The number of furan rings is 1. The Bertz CT molecular complexity index is 2460. The molecular formula is C49H46IrN2OSi-2. The van der Waals surface area contributed by atoms with E-state index in [1.807, 2.05) is 42.6 Å². The number of hydrogen-bond donors (Lipinski definition) is 0. The molecule has 0 fully saturated rings. The van der Waals surface area contributed by atoms with Crippen LogP contribution < -0.4 is 5.19 Å². The van der Waals surface area contributed by atoms with Crippen molar-refractivity contribution in [3.05, 3.63) is 175 Å². The molecule has 0 unspecified atom stereocenters. The van der Waals surface area contributed by atoms with Crippen LogP contribution in [-0.2, 0) is 32.9 Å². The summed E-state index contributed by atoms with van der Waals surface area (Å²) in [7, 11) is -1.37. The van der Waals surface area contributed by atoms with Crippen molar-refractivity contribution < 1.29 is 24.5 Å². The zero-order valence-corrected chi connectivity index (χ0v) is 35.3. The first-order valence-electron chi connectivity index (χ1n) is 18.4. The maximum Gasteiger partial charge on any atom is 0.121 e. The van der Waals surface area contributed by atoms with Crippen molar-refractivity contribution in [2.45, 2.75) is 53.3 Å². The van der Waals surface area contributed by atoms with Gasteiger partial charge < -0.3 is 14.4 Å². The maximum atomic E-state index is 6.09. The van der Waals surface area contributed by atoms with Crippen molar-refractivity contribution in [3.8, 4) is 33.6 Å². The average Bonchev–Trinajstić information content (AvgIpc) is 3.52. The minimum Gasteiger partial charge on any atom is -0.500 e. The molecule has 5 heteroatoms. The number of pyridine rings is 2. The summed E-state index contributed by atoms with van der Waals surface area (Å²) < 4.78 is 6.09. The van der Waals surface area contributed by atoms with Crippen LogP contribution in [0.2, 0.25) is 19.6 Å². The summed E-state index contributed by atoms with van der Waals surface area (Å²) in [4.78, 5) is 9.34. The maximum absolute atomic E-state index is 6.09. The van der Waals surface area contributed by atoms with E-state index in [-0.39, 0.29) is 25.5 Å². The molecule has 0 atom stereocenters. The molecule has 273 valence electrons. The number of hydrogen-bond acceptors (Lipinski definition) is 3. The fraction of sp³-hybridized carbons (Fsp3) is 0.184. The summed E-state index contributed by atoms with van der Waals surface area (Å²) in [6, 6.07) is 52.6.